The Bertz CT molecular complexity index is 547. The highest BCUT2D eigenvalue weighted by Gasteiger charge is 2.39. The van der Waals surface area contributed by atoms with Crippen LogP contribution in [0.2, 0.25) is 0 Å². The molecule has 2 rings (SSSR count). The molecule has 0 aliphatic heterocycles. The molecule has 90 valence electrons. The molecule has 0 atom stereocenters. The summed E-state index contributed by atoms with van der Waals surface area (Å²) in [7, 11) is 0. The van der Waals surface area contributed by atoms with E-state index in [4.69, 9.17) is 5.73 Å². The Morgan fingerprint density at radius 1 is 1.24 bits per heavy atom. The molecular formula is C10H6F4N2O. The first kappa shape index (κ1) is 11.4. The standard InChI is InChI=1S/C10H6F4N2O/c11-6-3-1-2-5(4-6)7-8(10(12,13)14)16-17-9(7)15/h1-4H,15H2. The topological polar surface area (TPSA) is 52.0 Å². The van der Waals surface area contributed by atoms with Crippen LogP contribution in [-0.4, -0.2) is 5.16 Å². The van der Waals surface area contributed by atoms with E-state index >= 15 is 0 Å². The van der Waals surface area contributed by atoms with E-state index in [1.807, 2.05) is 0 Å². The number of hydrogen-bond donors (Lipinski definition) is 1. The minimum absolute atomic E-state index is 0.0314. The Morgan fingerprint density at radius 3 is 2.53 bits per heavy atom. The minimum Gasteiger partial charge on any atom is -0.367 e. The van der Waals surface area contributed by atoms with E-state index in [1.165, 1.54) is 12.1 Å². The summed E-state index contributed by atoms with van der Waals surface area (Å²) in [4.78, 5) is 0. The van der Waals surface area contributed by atoms with Gasteiger partial charge in [0, 0.05) is 0 Å². The largest absolute Gasteiger partial charge is 0.437 e. The zero-order valence-corrected chi connectivity index (χ0v) is 8.25. The van der Waals surface area contributed by atoms with Crippen LogP contribution >= 0.6 is 0 Å². The highest BCUT2D eigenvalue weighted by Crippen LogP contribution is 2.39. The molecule has 1 aromatic heterocycles. The van der Waals surface area contributed by atoms with Crippen molar-refractivity contribution in [3.05, 3.63) is 35.8 Å². The molecule has 0 saturated carbocycles. The SMILES string of the molecule is Nc1onc(C(F)(F)F)c1-c1cccc(F)c1. The lowest BCUT2D eigenvalue weighted by Gasteiger charge is -2.05. The molecule has 3 nitrogen and oxygen atoms in total. The molecule has 2 N–H and O–H groups in total. The summed E-state index contributed by atoms with van der Waals surface area (Å²) in [5.41, 5.74) is 3.53. The van der Waals surface area contributed by atoms with Crippen molar-refractivity contribution in [1.82, 2.24) is 5.16 Å². The number of benzene rings is 1. The number of nitrogens with zero attached hydrogens (tertiary/aromatic N) is 1. The number of nitrogen functional groups attached to an aromatic ring is 1. The molecule has 0 spiro atoms. The molecule has 0 saturated heterocycles. The number of rotatable bonds is 1. The number of hydrogen-bond acceptors (Lipinski definition) is 3. The van der Waals surface area contributed by atoms with Gasteiger partial charge in [0.15, 0.2) is 5.69 Å². The molecule has 0 amide bonds. The lowest BCUT2D eigenvalue weighted by atomic mass is 10.1. The van der Waals surface area contributed by atoms with E-state index in [2.05, 4.69) is 9.68 Å². The first-order chi connectivity index (χ1) is 7.89. The van der Waals surface area contributed by atoms with Gasteiger partial charge in [0.1, 0.15) is 5.82 Å². The predicted octanol–water partition coefficient (Wildman–Crippen LogP) is 3.08. The first-order valence-corrected chi connectivity index (χ1v) is 4.48. The Kier molecular flexibility index (Phi) is 2.53. The Morgan fingerprint density at radius 2 is 1.94 bits per heavy atom. The maximum absolute atomic E-state index is 12.9. The number of halogens is 4. The number of anilines is 1. The third kappa shape index (κ3) is 2.08. The van der Waals surface area contributed by atoms with E-state index < -0.39 is 29.1 Å². The zero-order valence-electron chi connectivity index (χ0n) is 8.25. The Balaban J connectivity index is 2.63. The number of alkyl halides is 3. The van der Waals surface area contributed by atoms with Crippen LogP contribution in [0.15, 0.2) is 28.8 Å². The van der Waals surface area contributed by atoms with Gasteiger partial charge in [0.25, 0.3) is 0 Å². The van der Waals surface area contributed by atoms with Crippen LogP contribution in [0.1, 0.15) is 5.69 Å². The quantitative estimate of drug-likeness (QED) is 0.786. The van der Waals surface area contributed by atoms with Gasteiger partial charge in [-0.1, -0.05) is 17.3 Å². The van der Waals surface area contributed by atoms with Crippen molar-refractivity contribution < 1.29 is 22.1 Å². The molecule has 17 heavy (non-hydrogen) atoms. The zero-order chi connectivity index (χ0) is 12.6. The lowest BCUT2D eigenvalue weighted by Crippen LogP contribution is -2.07. The predicted molar refractivity (Wildman–Crippen MR) is 51.3 cm³/mol. The van der Waals surface area contributed by atoms with Crippen LogP contribution in [-0.2, 0) is 6.18 Å². The van der Waals surface area contributed by atoms with E-state index in [-0.39, 0.29) is 5.56 Å². The van der Waals surface area contributed by atoms with Crippen LogP contribution in [0.5, 0.6) is 0 Å². The summed E-state index contributed by atoms with van der Waals surface area (Å²) in [5, 5.41) is 2.85. The molecule has 0 unspecified atom stereocenters. The lowest BCUT2D eigenvalue weighted by molar-refractivity contribution is -0.142. The third-order valence-corrected chi connectivity index (χ3v) is 2.10. The van der Waals surface area contributed by atoms with Crippen LogP contribution in [0.4, 0.5) is 23.4 Å². The smallest absolute Gasteiger partial charge is 0.367 e. The van der Waals surface area contributed by atoms with E-state index in [9.17, 15) is 17.6 Å². The van der Waals surface area contributed by atoms with Crippen molar-refractivity contribution in [3.63, 3.8) is 0 Å². The van der Waals surface area contributed by atoms with Gasteiger partial charge in [-0.25, -0.2) is 4.39 Å². The van der Waals surface area contributed by atoms with Crippen LogP contribution in [0, 0.1) is 5.82 Å². The highest BCUT2D eigenvalue weighted by molar-refractivity contribution is 5.75. The van der Waals surface area contributed by atoms with Crippen molar-refractivity contribution in [2.24, 2.45) is 0 Å². The third-order valence-electron chi connectivity index (χ3n) is 2.10. The summed E-state index contributed by atoms with van der Waals surface area (Å²) in [6.45, 7) is 0. The summed E-state index contributed by atoms with van der Waals surface area (Å²) in [6.07, 6.45) is -4.71. The summed E-state index contributed by atoms with van der Waals surface area (Å²) >= 11 is 0. The van der Waals surface area contributed by atoms with Crippen LogP contribution in [0.25, 0.3) is 11.1 Å². The fourth-order valence-corrected chi connectivity index (χ4v) is 1.42. The van der Waals surface area contributed by atoms with Crippen molar-refractivity contribution >= 4 is 5.88 Å². The first-order valence-electron chi connectivity index (χ1n) is 4.48. The van der Waals surface area contributed by atoms with E-state index in [0.717, 1.165) is 12.1 Å². The second-order valence-corrected chi connectivity index (χ2v) is 3.28. The van der Waals surface area contributed by atoms with Gasteiger partial charge in [0.2, 0.25) is 5.88 Å². The average molecular weight is 246 g/mol. The molecular weight excluding hydrogens is 240 g/mol. The molecule has 1 aromatic carbocycles. The van der Waals surface area contributed by atoms with Gasteiger partial charge in [0.05, 0.1) is 5.56 Å². The van der Waals surface area contributed by atoms with Gasteiger partial charge in [-0.15, -0.1) is 0 Å². The maximum Gasteiger partial charge on any atom is 0.437 e. The monoisotopic (exact) mass is 246 g/mol. The molecule has 2 aromatic rings. The fourth-order valence-electron chi connectivity index (χ4n) is 1.42. The van der Waals surface area contributed by atoms with Gasteiger partial charge >= 0.3 is 6.18 Å². The summed E-state index contributed by atoms with van der Waals surface area (Å²) in [6, 6.07) is 4.61. The van der Waals surface area contributed by atoms with Gasteiger partial charge in [-0.3, -0.25) is 0 Å². The normalized spacial score (nSPS) is 11.8. The van der Waals surface area contributed by atoms with Gasteiger partial charge in [-0.2, -0.15) is 13.2 Å². The minimum atomic E-state index is -4.71. The number of aromatic nitrogens is 1. The van der Waals surface area contributed by atoms with Crippen molar-refractivity contribution in [2.75, 3.05) is 5.73 Å². The van der Waals surface area contributed by atoms with Crippen molar-refractivity contribution in [1.29, 1.82) is 0 Å². The van der Waals surface area contributed by atoms with Crippen molar-refractivity contribution in [3.8, 4) is 11.1 Å². The Labute approximate surface area is 92.8 Å². The Hall–Kier alpha value is -2.05. The molecule has 1 heterocycles. The molecule has 0 bridgehead atoms. The summed E-state index contributed by atoms with van der Waals surface area (Å²) in [5.74, 6) is -1.17. The summed E-state index contributed by atoms with van der Waals surface area (Å²) < 4.78 is 55.0. The van der Waals surface area contributed by atoms with Gasteiger partial charge < -0.3 is 10.3 Å². The van der Waals surface area contributed by atoms with Gasteiger partial charge in [-0.05, 0) is 17.7 Å². The van der Waals surface area contributed by atoms with Crippen LogP contribution < -0.4 is 5.73 Å². The molecule has 0 aliphatic rings. The maximum atomic E-state index is 12.9. The average Bonchev–Trinajstić information content (AvgIpc) is 2.59. The molecule has 7 heteroatoms. The molecule has 0 fully saturated rings. The molecule has 0 aliphatic carbocycles. The number of nitrogens with two attached hydrogens (primary N) is 1. The second-order valence-electron chi connectivity index (χ2n) is 3.28. The molecule has 0 radical (unpaired) electrons. The van der Waals surface area contributed by atoms with Crippen LogP contribution in [0.3, 0.4) is 0 Å². The van der Waals surface area contributed by atoms with E-state index in [0.29, 0.717) is 0 Å². The van der Waals surface area contributed by atoms with Crippen molar-refractivity contribution in [2.45, 2.75) is 6.18 Å². The highest BCUT2D eigenvalue weighted by atomic mass is 19.4. The second kappa shape index (κ2) is 3.76. The fraction of sp³-hybridized carbons (Fsp3) is 0.100. The van der Waals surface area contributed by atoms with E-state index in [1.54, 1.807) is 0 Å².